The zero-order chi connectivity index (χ0) is 12.8. The molecule has 0 nitrogen and oxygen atoms in total. The Labute approximate surface area is 108 Å². The maximum Gasteiger partial charge on any atom is -0.0194 e. The van der Waals surface area contributed by atoms with Crippen LogP contribution in [0.15, 0.2) is 11.1 Å². The van der Waals surface area contributed by atoms with Crippen molar-refractivity contribution in [3.8, 4) is 0 Å². The minimum Gasteiger partial charge on any atom is -0.0671 e. The molecule has 17 heavy (non-hydrogen) atoms. The van der Waals surface area contributed by atoms with Crippen molar-refractivity contribution in [1.82, 2.24) is 0 Å². The van der Waals surface area contributed by atoms with Crippen LogP contribution >= 0.6 is 0 Å². The second kappa shape index (κ2) is 4.14. The molecule has 0 N–H and O–H groups in total. The molecule has 0 aromatic heterocycles. The first-order chi connectivity index (χ1) is 7.66. The molecule has 98 valence electrons. The molecule has 2 rings (SSSR count). The van der Waals surface area contributed by atoms with Crippen molar-refractivity contribution in [2.45, 2.75) is 73.6 Å². The van der Waals surface area contributed by atoms with Crippen molar-refractivity contribution in [2.24, 2.45) is 22.7 Å². The van der Waals surface area contributed by atoms with Crippen LogP contribution in [0, 0.1) is 22.7 Å². The van der Waals surface area contributed by atoms with Gasteiger partial charge in [0.15, 0.2) is 0 Å². The molecule has 0 spiro atoms. The highest BCUT2D eigenvalue weighted by atomic mass is 14.5. The number of hydrogen-bond donors (Lipinski definition) is 0. The first kappa shape index (κ1) is 13.2. The van der Waals surface area contributed by atoms with Crippen molar-refractivity contribution in [1.29, 1.82) is 0 Å². The first-order valence-corrected chi connectivity index (χ1v) is 7.37. The van der Waals surface area contributed by atoms with Crippen LogP contribution in [0.1, 0.15) is 73.6 Å². The summed E-state index contributed by atoms with van der Waals surface area (Å²) in [6.45, 7) is 14.3. The lowest BCUT2D eigenvalue weighted by Gasteiger charge is -2.29. The fraction of sp³-hybridized carbons (Fsp3) is 0.882. The van der Waals surface area contributed by atoms with E-state index in [-0.39, 0.29) is 0 Å². The Morgan fingerprint density at radius 1 is 0.765 bits per heavy atom. The van der Waals surface area contributed by atoms with Gasteiger partial charge in [-0.1, -0.05) is 52.7 Å². The van der Waals surface area contributed by atoms with Gasteiger partial charge >= 0.3 is 0 Å². The van der Waals surface area contributed by atoms with E-state index in [1.807, 2.05) is 11.1 Å². The Hall–Kier alpha value is -0.260. The third-order valence-electron chi connectivity index (χ3n) is 4.27. The van der Waals surface area contributed by atoms with E-state index in [1.165, 1.54) is 32.1 Å². The van der Waals surface area contributed by atoms with Crippen LogP contribution in [0.4, 0.5) is 0 Å². The summed E-state index contributed by atoms with van der Waals surface area (Å²) in [5.74, 6) is 1.91. The molecule has 0 heteroatoms. The molecule has 2 atom stereocenters. The topological polar surface area (TPSA) is 0 Å². The van der Waals surface area contributed by atoms with Crippen LogP contribution in [0.5, 0.6) is 0 Å². The molecule has 2 aliphatic carbocycles. The molecule has 0 heterocycles. The molecule has 2 aliphatic rings. The van der Waals surface area contributed by atoms with E-state index >= 15 is 0 Å². The zero-order valence-corrected chi connectivity index (χ0v) is 12.7. The average molecular weight is 234 g/mol. The van der Waals surface area contributed by atoms with E-state index < -0.39 is 0 Å². The summed E-state index contributed by atoms with van der Waals surface area (Å²) in [4.78, 5) is 0. The highest BCUT2D eigenvalue weighted by molar-refractivity contribution is 5.30. The van der Waals surface area contributed by atoms with Gasteiger partial charge in [0.1, 0.15) is 0 Å². The van der Waals surface area contributed by atoms with Crippen molar-refractivity contribution in [3.05, 3.63) is 11.1 Å². The predicted molar refractivity (Wildman–Crippen MR) is 76.0 cm³/mol. The number of rotatable bonds is 2. The predicted octanol–water partition coefficient (Wildman–Crippen LogP) is 5.59. The van der Waals surface area contributed by atoms with Gasteiger partial charge in [0.05, 0.1) is 0 Å². The van der Waals surface area contributed by atoms with Crippen LogP contribution < -0.4 is 0 Å². The summed E-state index contributed by atoms with van der Waals surface area (Å²) in [6.07, 6.45) is 7.10. The van der Waals surface area contributed by atoms with Crippen LogP contribution in [-0.2, 0) is 0 Å². The molecule has 0 saturated heterocycles. The summed E-state index contributed by atoms with van der Waals surface area (Å²) >= 11 is 0. The lowest BCUT2D eigenvalue weighted by Crippen LogP contribution is -2.16. The summed E-state index contributed by atoms with van der Waals surface area (Å²) in [7, 11) is 0. The third kappa shape index (κ3) is 3.14. The zero-order valence-electron chi connectivity index (χ0n) is 12.7. The van der Waals surface area contributed by atoms with Crippen molar-refractivity contribution in [3.63, 3.8) is 0 Å². The molecule has 0 radical (unpaired) electrons. The van der Waals surface area contributed by atoms with Gasteiger partial charge in [0, 0.05) is 0 Å². The maximum atomic E-state index is 2.39. The SMILES string of the molecule is CC(C)(C)CC1=C(CC(C)(C)C)C2CCC1C2. The highest BCUT2D eigenvalue weighted by Crippen LogP contribution is 2.54. The number of allylic oxidation sites excluding steroid dienone is 2. The van der Waals surface area contributed by atoms with Crippen LogP contribution in [0.25, 0.3) is 0 Å². The number of fused-ring (bicyclic) bond motifs is 2. The Morgan fingerprint density at radius 2 is 1.12 bits per heavy atom. The van der Waals surface area contributed by atoms with E-state index in [0.29, 0.717) is 10.8 Å². The molecule has 2 unspecified atom stereocenters. The second-order valence-electron chi connectivity index (χ2n) is 8.73. The standard InChI is InChI=1S/C17H30/c1-16(2,3)10-14-12-7-8-13(9-12)15(14)11-17(4,5)6/h12-13H,7-11H2,1-6H3. The van der Waals surface area contributed by atoms with Crippen molar-refractivity contribution >= 4 is 0 Å². The quantitative estimate of drug-likeness (QED) is 0.547. The minimum atomic E-state index is 0.461. The highest BCUT2D eigenvalue weighted by Gasteiger charge is 2.40. The lowest BCUT2D eigenvalue weighted by atomic mass is 9.76. The first-order valence-electron chi connectivity index (χ1n) is 7.37. The van der Waals surface area contributed by atoms with Gasteiger partial charge in [-0.3, -0.25) is 0 Å². The van der Waals surface area contributed by atoms with Gasteiger partial charge < -0.3 is 0 Å². The molecule has 1 saturated carbocycles. The van der Waals surface area contributed by atoms with E-state index in [0.717, 1.165) is 11.8 Å². The minimum absolute atomic E-state index is 0.461. The Balaban J connectivity index is 2.22. The van der Waals surface area contributed by atoms with Gasteiger partial charge in [-0.2, -0.15) is 0 Å². The summed E-state index contributed by atoms with van der Waals surface area (Å²) < 4.78 is 0. The molecule has 1 fully saturated rings. The van der Waals surface area contributed by atoms with Gasteiger partial charge in [-0.05, 0) is 54.8 Å². The fourth-order valence-corrected chi connectivity index (χ4v) is 3.80. The fourth-order valence-electron chi connectivity index (χ4n) is 3.80. The Morgan fingerprint density at radius 3 is 1.41 bits per heavy atom. The number of hydrogen-bond acceptors (Lipinski definition) is 0. The Kier molecular flexibility index (Phi) is 3.21. The lowest BCUT2D eigenvalue weighted by molar-refractivity contribution is 0.368. The molecule has 0 aliphatic heterocycles. The van der Waals surface area contributed by atoms with Crippen LogP contribution in [-0.4, -0.2) is 0 Å². The van der Waals surface area contributed by atoms with E-state index in [9.17, 15) is 0 Å². The van der Waals surface area contributed by atoms with E-state index in [1.54, 1.807) is 0 Å². The summed E-state index contributed by atoms with van der Waals surface area (Å²) in [6, 6.07) is 0. The Bertz CT molecular complexity index is 287. The molecular weight excluding hydrogens is 204 g/mol. The van der Waals surface area contributed by atoms with Crippen molar-refractivity contribution in [2.75, 3.05) is 0 Å². The van der Waals surface area contributed by atoms with Gasteiger partial charge in [-0.15, -0.1) is 0 Å². The third-order valence-corrected chi connectivity index (χ3v) is 4.27. The maximum absolute atomic E-state index is 2.39. The van der Waals surface area contributed by atoms with Crippen molar-refractivity contribution < 1.29 is 0 Å². The summed E-state index contributed by atoms with van der Waals surface area (Å²) in [5, 5.41) is 0. The van der Waals surface area contributed by atoms with Crippen LogP contribution in [0.2, 0.25) is 0 Å². The molecule has 0 aromatic rings. The van der Waals surface area contributed by atoms with Gasteiger partial charge in [0.2, 0.25) is 0 Å². The summed E-state index contributed by atoms with van der Waals surface area (Å²) in [5.41, 5.74) is 4.65. The monoisotopic (exact) mass is 234 g/mol. The smallest absolute Gasteiger partial charge is 0.0194 e. The average Bonchev–Trinajstić information content (AvgIpc) is 2.63. The molecule has 0 aromatic carbocycles. The molecule has 2 bridgehead atoms. The molecular formula is C17H30. The normalized spacial score (nSPS) is 29.3. The van der Waals surface area contributed by atoms with E-state index in [2.05, 4.69) is 41.5 Å². The van der Waals surface area contributed by atoms with Gasteiger partial charge in [0.25, 0.3) is 0 Å². The second-order valence-corrected chi connectivity index (χ2v) is 8.73. The van der Waals surface area contributed by atoms with Crippen LogP contribution in [0.3, 0.4) is 0 Å². The largest absolute Gasteiger partial charge is 0.0671 e. The van der Waals surface area contributed by atoms with Gasteiger partial charge in [-0.25, -0.2) is 0 Å². The molecule has 0 amide bonds. The van der Waals surface area contributed by atoms with E-state index in [4.69, 9.17) is 0 Å².